The molecule has 2 N–H and O–H groups in total. The van der Waals surface area contributed by atoms with Crippen LogP contribution in [0.25, 0.3) is 0 Å². The summed E-state index contributed by atoms with van der Waals surface area (Å²) < 4.78 is 38.6. The number of hydrogen-bond donors (Lipinski definition) is 2. The van der Waals surface area contributed by atoms with Gasteiger partial charge in [0, 0.05) is 29.3 Å². The standard InChI is InChI=1S/C23H22N2O5S2/c26-23(24-11-12-31-19-6-2-1-3-7-19)18-5-4-8-20(14-18)32(27,28)25-15-17-9-10-21-22(13-17)30-16-29-21/h1-10,13-14,25H,11-12,15-16H2,(H,24,26). The lowest BCUT2D eigenvalue weighted by Gasteiger charge is -2.10. The molecule has 7 nitrogen and oxygen atoms in total. The third-order valence-corrected chi connectivity index (χ3v) is 7.12. The summed E-state index contributed by atoms with van der Waals surface area (Å²) >= 11 is 1.64. The summed E-state index contributed by atoms with van der Waals surface area (Å²) in [6.45, 7) is 0.716. The molecule has 1 amide bonds. The first kappa shape index (κ1) is 22.2. The van der Waals surface area contributed by atoms with Crippen molar-refractivity contribution >= 4 is 27.7 Å². The maximum atomic E-state index is 12.7. The molecule has 1 heterocycles. The maximum absolute atomic E-state index is 12.7. The van der Waals surface area contributed by atoms with Crippen LogP contribution in [0.1, 0.15) is 15.9 Å². The molecule has 0 spiro atoms. The zero-order valence-corrected chi connectivity index (χ0v) is 18.7. The molecule has 0 saturated carbocycles. The van der Waals surface area contributed by atoms with E-state index in [-0.39, 0.29) is 24.1 Å². The molecule has 0 radical (unpaired) electrons. The van der Waals surface area contributed by atoms with E-state index in [4.69, 9.17) is 9.47 Å². The van der Waals surface area contributed by atoms with Crippen LogP contribution in [-0.4, -0.2) is 33.4 Å². The van der Waals surface area contributed by atoms with Crippen LogP contribution >= 0.6 is 11.8 Å². The Balaban J connectivity index is 1.33. The Kier molecular flexibility index (Phi) is 6.99. The molecule has 0 saturated heterocycles. The van der Waals surface area contributed by atoms with Gasteiger partial charge in [-0.2, -0.15) is 0 Å². The third kappa shape index (κ3) is 5.61. The quantitative estimate of drug-likeness (QED) is 0.368. The second-order valence-corrected chi connectivity index (χ2v) is 9.89. The van der Waals surface area contributed by atoms with Crippen molar-refractivity contribution < 1.29 is 22.7 Å². The first-order valence-corrected chi connectivity index (χ1v) is 12.4. The van der Waals surface area contributed by atoms with Crippen molar-refractivity contribution in [3.8, 4) is 11.5 Å². The van der Waals surface area contributed by atoms with E-state index in [2.05, 4.69) is 10.0 Å². The van der Waals surface area contributed by atoms with E-state index in [0.717, 1.165) is 10.5 Å². The van der Waals surface area contributed by atoms with Gasteiger partial charge in [0.2, 0.25) is 16.8 Å². The number of amides is 1. The zero-order valence-electron chi connectivity index (χ0n) is 17.1. The molecule has 0 unspecified atom stereocenters. The molecule has 1 aliphatic heterocycles. The van der Waals surface area contributed by atoms with Gasteiger partial charge in [-0.05, 0) is 48.0 Å². The molecule has 0 bridgehead atoms. The SMILES string of the molecule is O=C(NCCSc1ccccc1)c1cccc(S(=O)(=O)NCc2ccc3c(c2)OCO3)c1. The molecule has 3 aromatic carbocycles. The number of ether oxygens (including phenoxy) is 2. The molecule has 9 heteroatoms. The van der Waals surface area contributed by atoms with Crippen LogP contribution in [-0.2, 0) is 16.6 Å². The summed E-state index contributed by atoms with van der Waals surface area (Å²) in [5.41, 5.74) is 1.03. The highest BCUT2D eigenvalue weighted by atomic mass is 32.2. The Morgan fingerprint density at radius 1 is 0.938 bits per heavy atom. The maximum Gasteiger partial charge on any atom is 0.251 e. The molecular formula is C23H22N2O5S2. The highest BCUT2D eigenvalue weighted by Gasteiger charge is 2.18. The normalized spacial score (nSPS) is 12.5. The minimum atomic E-state index is -3.80. The average Bonchev–Trinajstić information content (AvgIpc) is 3.29. The number of thioether (sulfide) groups is 1. The predicted octanol–water partition coefficient (Wildman–Crippen LogP) is 3.42. The second kappa shape index (κ2) is 10.1. The predicted molar refractivity (Wildman–Crippen MR) is 123 cm³/mol. The summed E-state index contributed by atoms with van der Waals surface area (Å²) in [4.78, 5) is 13.6. The Hall–Kier alpha value is -3.01. The summed E-state index contributed by atoms with van der Waals surface area (Å²) in [6, 6.07) is 21.2. The van der Waals surface area contributed by atoms with E-state index < -0.39 is 10.0 Å². The Bertz CT molecular complexity index is 1200. The number of hydrogen-bond acceptors (Lipinski definition) is 6. The molecular weight excluding hydrogens is 448 g/mol. The topological polar surface area (TPSA) is 93.7 Å². The highest BCUT2D eigenvalue weighted by Crippen LogP contribution is 2.32. The first-order chi connectivity index (χ1) is 15.5. The van der Waals surface area contributed by atoms with Crippen molar-refractivity contribution in [3.05, 3.63) is 83.9 Å². The van der Waals surface area contributed by atoms with Gasteiger partial charge >= 0.3 is 0 Å². The third-order valence-electron chi connectivity index (χ3n) is 4.71. The largest absolute Gasteiger partial charge is 0.454 e. The fourth-order valence-electron chi connectivity index (χ4n) is 3.07. The minimum Gasteiger partial charge on any atom is -0.454 e. The lowest BCUT2D eigenvalue weighted by molar-refractivity contribution is 0.0956. The summed E-state index contributed by atoms with van der Waals surface area (Å²) in [5.74, 6) is 1.62. The molecule has 0 aliphatic carbocycles. The van der Waals surface area contributed by atoms with E-state index >= 15 is 0 Å². The minimum absolute atomic E-state index is 0.0320. The molecule has 4 rings (SSSR count). The van der Waals surface area contributed by atoms with Gasteiger partial charge < -0.3 is 14.8 Å². The number of carbonyl (C=O) groups excluding carboxylic acids is 1. The van der Waals surface area contributed by atoms with Crippen LogP contribution in [0.2, 0.25) is 0 Å². The second-order valence-electron chi connectivity index (χ2n) is 6.96. The van der Waals surface area contributed by atoms with Gasteiger partial charge in [0.1, 0.15) is 0 Å². The van der Waals surface area contributed by atoms with Crippen molar-refractivity contribution in [2.24, 2.45) is 0 Å². The average molecular weight is 471 g/mol. The molecule has 3 aromatic rings. The monoisotopic (exact) mass is 470 g/mol. The van der Waals surface area contributed by atoms with Crippen LogP contribution < -0.4 is 19.5 Å². The zero-order chi connectivity index (χ0) is 22.4. The molecule has 166 valence electrons. The van der Waals surface area contributed by atoms with Gasteiger partial charge in [-0.1, -0.05) is 30.3 Å². The van der Waals surface area contributed by atoms with Gasteiger partial charge in [-0.15, -0.1) is 11.8 Å². The fraction of sp³-hybridized carbons (Fsp3) is 0.174. The Morgan fingerprint density at radius 3 is 2.59 bits per heavy atom. The van der Waals surface area contributed by atoms with Crippen LogP contribution in [0.5, 0.6) is 11.5 Å². The molecule has 0 aromatic heterocycles. The first-order valence-electron chi connectivity index (χ1n) is 9.95. The van der Waals surface area contributed by atoms with Crippen molar-refractivity contribution in [1.29, 1.82) is 0 Å². The number of benzene rings is 3. The number of carbonyl (C=O) groups is 1. The molecule has 32 heavy (non-hydrogen) atoms. The fourth-order valence-corrected chi connectivity index (χ4v) is 4.92. The highest BCUT2D eigenvalue weighted by molar-refractivity contribution is 7.99. The summed E-state index contributed by atoms with van der Waals surface area (Å²) in [7, 11) is -3.80. The van der Waals surface area contributed by atoms with Crippen LogP contribution in [0.15, 0.2) is 82.6 Å². The summed E-state index contributed by atoms with van der Waals surface area (Å²) in [6.07, 6.45) is 0. The molecule has 1 aliphatic rings. The van der Waals surface area contributed by atoms with E-state index in [1.807, 2.05) is 30.3 Å². The van der Waals surface area contributed by atoms with Crippen LogP contribution in [0.4, 0.5) is 0 Å². The van der Waals surface area contributed by atoms with E-state index in [0.29, 0.717) is 29.4 Å². The van der Waals surface area contributed by atoms with E-state index in [1.54, 1.807) is 42.1 Å². The van der Waals surface area contributed by atoms with Crippen LogP contribution in [0, 0.1) is 0 Å². The molecule has 0 fully saturated rings. The number of sulfonamides is 1. The lowest BCUT2D eigenvalue weighted by Crippen LogP contribution is -2.27. The van der Waals surface area contributed by atoms with Crippen molar-refractivity contribution in [2.45, 2.75) is 16.3 Å². The number of nitrogens with one attached hydrogen (secondary N) is 2. The van der Waals surface area contributed by atoms with E-state index in [1.165, 1.54) is 12.1 Å². The van der Waals surface area contributed by atoms with Gasteiger partial charge in [0.15, 0.2) is 11.5 Å². The van der Waals surface area contributed by atoms with Crippen molar-refractivity contribution in [1.82, 2.24) is 10.0 Å². The van der Waals surface area contributed by atoms with Crippen molar-refractivity contribution in [2.75, 3.05) is 19.1 Å². The van der Waals surface area contributed by atoms with Gasteiger partial charge in [0.05, 0.1) is 4.90 Å². The van der Waals surface area contributed by atoms with E-state index in [9.17, 15) is 13.2 Å². The Labute approximate surface area is 191 Å². The van der Waals surface area contributed by atoms with Crippen molar-refractivity contribution in [3.63, 3.8) is 0 Å². The van der Waals surface area contributed by atoms with Crippen LogP contribution in [0.3, 0.4) is 0 Å². The lowest BCUT2D eigenvalue weighted by atomic mass is 10.2. The Morgan fingerprint density at radius 2 is 1.75 bits per heavy atom. The van der Waals surface area contributed by atoms with Gasteiger partial charge in [0.25, 0.3) is 5.91 Å². The van der Waals surface area contributed by atoms with Gasteiger partial charge in [-0.3, -0.25) is 4.79 Å². The smallest absolute Gasteiger partial charge is 0.251 e. The van der Waals surface area contributed by atoms with Gasteiger partial charge in [-0.25, -0.2) is 13.1 Å². The number of rotatable bonds is 9. The molecule has 0 atom stereocenters. The number of fused-ring (bicyclic) bond motifs is 1. The summed E-state index contributed by atoms with van der Waals surface area (Å²) in [5, 5.41) is 2.83.